The maximum Gasteiger partial charge on any atom is 0.257 e. The molecule has 1 atom stereocenters. The molecule has 130 valence electrons. The fraction of sp³-hybridized carbons (Fsp3) is 0.588. The van der Waals surface area contributed by atoms with Crippen LogP contribution in [0.1, 0.15) is 53.5 Å². The zero-order chi connectivity index (χ0) is 17.3. The highest BCUT2D eigenvalue weighted by atomic mass is 16.4. The van der Waals surface area contributed by atoms with E-state index in [0.717, 1.165) is 25.3 Å². The monoisotopic (exact) mass is 332 g/mol. The highest BCUT2D eigenvalue weighted by Crippen LogP contribution is 2.22. The molecule has 1 aliphatic heterocycles. The summed E-state index contributed by atoms with van der Waals surface area (Å²) in [7, 11) is 0. The lowest BCUT2D eigenvalue weighted by atomic mass is 10.1. The van der Waals surface area contributed by atoms with Crippen molar-refractivity contribution in [3.8, 4) is 0 Å². The highest BCUT2D eigenvalue weighted by Gasteiger charge is 2.29. The number of nitrogens with zero attached hydrogens (tertiary/aromatic N) is 4. The first-order chi connectivity index (χ1) is 11.5. The van der Waals surface area contributed by atoms with Gasteiger partial charge in [-0.05, 0) is 26.8 Å². The summed E-state index contributed by atoms with van der Waals surface area (Å²) in [6, 6.07) is 1.88. The van der Waals surface area contributed by atoms with Crippen molar-refractivity contribution in [2.24, 2.45) is 0 Å². The predicted molar refractivity (Wildman–Crippen MR) is 87.7 cm³/mol. The van der Waals surface area contributed by atoms with Gasteiger partial charge in [0.1, 0.15) is 11.5 Å². The molecule has 0 radical (unpaired) electrons. The first-order valence-electron chi connectivity index (χ1n) is 8.42. The largest absolute Gasteiger partial charge is 0.466 e. The van der Waals surface area contributed by atoms with E-state index in [4.69, 9.17) is 8.83 Å². The molecule has 24 heavy (non-hydrogen) atoms. The van der Waals surface area contributed by atoms with Crippen LogP contribution in [0.15, 0.2) is 14.9 Å². The van der Waals surface area contributed by atoms with Gasteiger partial charge >= 0.3 is 0 Å². The Bertz CT molecular complexity index is 713. The Labute approximate surface area is 141 Å². The van der Waals surface area contributed by atoms with Crippen molar-refractivity contribution in [3.63, 3.8) is 0 Å². The molecule has 1 fully saturated rings. The minimum absolute atomic E-state index is 0.0442. The van der Waals surface area contributed by atoms with Gasteiger partial charge in [-0.1, -0.05) is 6.92 Å². The molecule has 2 aromatic rings. The number of carbonyl (C=O) groups is 1. The highest BCUT2D eigenvalue weighted by molar-refractivity contribution is 5.95. The summed E-state index contributed by atoms with van der Waals surface area (Å²) in [5, 5.41) is 8.15. The Kier molecular flexibility index (Phi) is 4.71. The van der Waals surface area contributed by atoms with Crippen LogP contribution in [0, 0.1) is 13.8 Å². The lowest BCUT2D eigenvalue weighted by Crippen LogP contribution is -2.49. The summed E-state index contributed by atoms with van der Waals surface area (Å²) in [5.41, 5.74) is 0.665. The number of rotatable bonds is 4. The first-order valence-corrected chi connectivity index (χ1v) is 8.42. The van der Waals surface area contributed by atoms with Gasteiger partial charge in [0, 0.05) is 32.6 Å². The predicted octanol–water partition coefficient (Wildman–Crippen LogP) is 2.36. The van der Waals surface area contributed by atoms with Gasteiger partial charge in [-0.15, -0.1) is 10.2 Å². The maximum absolute atomic E-state index is 12.6. The fourth-order valence-electron chi connectivity index (χ4n) is 3.06. The summed E-state index contributed by atoms with van der Waals surface area (Å²) < 4.78 is 11.1. The lowest BCUT2D eigenvalue weighted by Gasteiger charge is -2.36. The van der Waals surface area contributed by atoms with Crippen molar-refractivity contribution in [2.45, 2.75) is 40.2 Å². The second kappa shape index (κ2) is 6.76. The normalized spacial score (nSPS) is 17.2. The Hall–Kier alpha value is -2.15. The van der Waals surface area contributed by atoms with Crippen LogP contribution in [-0.2, 0) is 6.42 Å². The average Bonchev–Trinajstić information content (AvgIpc) is 3.20. The molecule has 2 aromatic heterocycles. The number of hydrogen-bond acceptors (Lipinski definition) is 6. The third-order valence-electron chi connectivity index (χ3n) is 4.56. The number of aryl methyl sites for hydroxylation is 3. The molecule has 7 nitrogen and oxygen atoms in total. The van der Waals surface area contributed by atoms with Gasteiger partial charge in [0.05, 0.1) is 11.6 Å². The third kappa shape index (κ3) is 3.21. The van der Waals surface area contributed by atoms with E-state index in [0.29, 0.717) is 36.2 Å². The van der Waals surface area contributed by atoms with Gasteiger partial charge in [0.25, 0.3) is 5.91 Å². The van der Waals surface area contributed by atoms with E-state index in [2.05, 4.69) is 22.0 Å². The second-order valence-electron chi connectivity index (χ2n) is 6.22. The van der Waals surface area contributed by atoms with Gasteiger partial charge in [-0.3, -0.25) is 9.69 Å². The molecule has 1 amide bonds. The van der Waals surface area contributed by atoms with E-state index in [1.807, 2.05) is 31.7 Å². The summed E-state index contributed by atoms with van der Waals surface area (Å²) in [4.78, 5) is 16.8. The maximum atomic E-state index is 12.6. The van der Waals surface area contributed by atoms with Gasteiger partial charge in [-0.2, -0.15) is 0 Å². The molecular weight excluding hydrogens is 308 g/mol. The van der Waals surface area contributed by atoms with Crippen molar-refractivity contribution < 1.29 is 13.6 Å². The van der Waals surface area contributed by atoms with Crippen LogP contribution in [0.2, 0.25) is 0 Å². The van der Waals surface area contributed by atoms with E-state index in [1.54, 1.807) is 0 Å². The molecule has 0 unspecified atom stereocenters. The molecule has 0 N–H and O–H groups in total. The molecule has 0 bridgehead atoms. The molecule has 0 aliphatic carbocycles. The standard InChI is InChI=1S/C17H24N4O3/c1-5-15-18-19-16(24-15)12(3)20-6-8-21(9-7-20)17(22)14-10-11(2)23-13(14)4/h10,12H,5-9H2,1-4H3/t12-/m1/s1. The number of aromatic nitrogens is 2. The molecule has 0 spiro atoms. The number of piperazine rings is 1. The first kappa shape index (κ1) is 16.7. The van der Waals surface area contributed by atoms with Gasteiger partial charge in [0.2, 0.25) is 11.8 Å². The van der Waals surface area contributed by atoms with E-state index >= 15 is 0 Å². The summed E-state index contributed by atoms with van der Waals surface area (Å²) in [5.74, 6) is 2.81. The molecule has 3 rings (SSSR count). The lowest BCUT2D eigenvalue weighted by molar-refractivity contribution is 0.0556. The van der Waals surface area contributed by atoms with Crippen LogP contribution in [0.4, 0.5) is 0 Å². The SMILES string of the molecule is CCc1nnc([C@@H](C)N2CCN(C(=O)c3cc(C)oc3C)CC2)o1. The molecule has 7 heteroatoms. The molecule has 0 saturated carbocycles. The Morgan fingerprint density at radius 3 is 2.46 bits per heavy atom. The zero-order valence-electron chi connectivity index (χ0n) is 14.7. The van der Waals surface area contributed by atoms with Crippen molar-refractivity contribution in [1.29, 1.82) is 0 Å². The van der Waals surface area contributed by atoms with Gasteiger partial charge in [-0.25, -0.2) is 0 Å². The topological polar surface area (TPSA) is 75.6 Å². The number of furan rings is 1. The molecular formula is C17H24N4O3. The number of amides is 1. The Morgan fingerprint density at radius 1 is 1.21 bits per heavy atom. The Morgan fingerprint density at radius 2 is 1.92 bits per heavy atom. The van der Waals surface area contributed by atoms with Crippen LogP contribution in [0.5, 0.6) is 0 Å². The van der Waals surface area contributed by atoms with Crippen LogP contribution >= 0.6 is 0 Å². The van der Waals surface area contributed by atoms with Gasteiger partial charge < -0.3 is 13.7 Å². The zero-order valence-corrected chi connectivity index (χ0v) is 14.7. The minimum atomic E-state index is 0.0442. The van der Waals surface area contributed by atoms with E-state index in [-0.39, 0.29) is 11.9 Å². The molecule has 0 aromatic carbocycles. The quantitative estimate of drug-likeness (QED) is 0.855. The van der Waals surface area contributed by atoms with Gasteiger partial charge in [0.15, 0.2) is 0 Å². The van der Waals surface area contributed by atoms with Crippen molar-refractivity contribution >= 4 is 5.91 Å². The smallest absolute Gasteiger partial charge is 0.257 e. The van der Waals surface area contributed by atoms with E-state index in [9.17, 15) is 4.79 Å². The molecule has 3 heterocycles. The second-order valence-corrected chi connectivity index (χ2v) is 6.22. The van der Waals surface area contributed by atoms with E-state index in [1.165, 1.54) is 0 Å². The third-order valence-corrected chi connectivity index (χ3v) is 4.56. The minimum Gasteiger partial charge on any atom is -0.466 e. The summed E-state index contributed by atoms with van der Waals surface area (Å²) in [6.45, 7) is 10.7. The van der Waals surface area contributed by atoms with E-state index < -0.39 is 0 Å². The Balaban J connectivity index is 1.61. The van der Waals surface area contributed by atoms with Crippen LogP contribution in [-0.4, -0.2) is 52.1 Å². The van der Waals surface area contributed by atoms with Crippen LogP contribution in [0.25, 0.3) is 0 Å². The molecule has 1 aliphatic rings. The fourth-order valence-corrected chi connectivity index (χ4v) is 3.06. The van der Waals surface area contributed by atoms with Crippen LogP contribution < -0.4 is 0 Å². The molecule has 1 saturated heterocycles. The average molecular weight is 332 g/mol. The van der Waals surface area contributed by atoms with Crippen molar-refractivity contribution in [2.75, 3.05) is 26.2 Å². The van der Waals surface area contributed by atoms with Crippen LogP contribution in [0.3, 0.4) is 0 Å². The summed E-state index contributed by atoms with van der Waals surface area (Å²) >= 11 is 0. The summed E-state index contributed by atoms with van der Waals surface area (Å²) in [6.07, 6.45) is 0.742. The van der Waals surface area contributed by atoms with Crippen molar-refractivity contribution in [1.82, 2.24) is 20.0 Å². The van der Waals surface area contributed by atoms with Crippen molar-refractivity contribution in [3.05, 3.63) is 34.9 Å². The number of hydrogen-bond donors (Lipinski definition) is 0. The number of carbonyl (C=O) groups excluding carboxylic acids is 1.